The Labute approximate surface area is 117 Å². The minimum Gasteiger partial charge on any atom is -0.323 e. The van der Waals surface area contributed by atoms with Crippen molar-refractivity contribution in [3.05, 3.63) is 36.7 Å². The Bertz CT molecular complexity index is 693. The molecule has 0 saturated carbocycles. The number of benzene rings is 1. The summed E-state index contributed by atoms with van der Waals surface area (Å²) >= 11 is 0. The van der Waals surface area contributed by atoms with Gasteiger partial charge < -0.3 is 5.43 Å². The topological polar surface area (TPSA) is 102 Å². The zero-order valence-electron chi connectivity index (χ0n) is 11.2. The minimum atomic E-state index is -3.71. The molecule has 0 amide bonds. The zero-order chi connectivity index (χ0) is 14.8. The quantitative estimate of drug-likeness (QED) is 0.574. The second-order valence-corrected chi connectivity index (χ2v) is 6.20. The van der Waals surface area contributed by atoms with E-state index in [0.29, 0.717) is 11.4 Å². The van der Waals surface area contributed by atoms with Crippen molar-refractivity contribution < 1.29 is 8.42 Å². The zero-order valence-corrected chi connectivity index (χ0v) is 12.1. The number of nitrogens with two attached hydrogens (primary N) is 1. The molecule has 0 saturated heterocycles. The maximum atomic E-state index is 12.3. The summed E-state index contributed by atoms with van der Waals surface area (Å²) in [5.74, 6) is 5.33. The van der Waals surface area contributed by atoms with Crippen LogP contribution in [-0.4, -0.2) is 18.2 Å². The Morgan fingerprint density at radius 1 is 1.30 bits per heavy atom. The van der Waals surface area contributed by atoms with E-state index >= 15 is 0 Å². The monoisotopic (exact) mass is 295 g/mol. The van der Waals surface area contributed by atoms with E-state index in [1.807, 2.05) is 13.8 Å². The molecule has 20 heavy (non-hydrogen) atoms. The maximum Gasteiger partial charge on any atom is 0.264 e. The number of rotatable bonds is 5. The van der Waals surface area contributed by atoms with Gasteiger partial charge in [0.1, 0.15) is 4.90 Å². The summed E-state index contributed by atoms with van der Waals surface area (Å²) < 4.78 is 28.8. The number of hydrogen-bond acceptors (Lipinski definition) is 5. The van der Waals surface area contributed by atoms with E-state index in [1.54, 1.807) is 29.1 Å². The summed E-state index contributed by atoms with van der Waals surface area (Å²) in [4.78, 5) is 0.0831. The second kappa shape index (κ2) is 5.51. The van der Waals surface area contributed by atoms with Crippen molar-refractivity contribution in [2.75, 3.05) is 10.1 Å². The maximum absolute atomic E-state index is 12.3. The van der Waals surface area contributed by atoms with Crippen molar-refractivity contribution in [3.8, 4) is 0 Å². The van der Waals surface area contributed by atoms with Gasteiger partial charge >= 0.3 is 0 Å². The van der Waals surface area contributed by atoms with E-state index < -0.39 is 10.0 Å². The molecule has 0 aliphatic heterocycles. The van der Waals surface area contributed by atoms with E-state index in [4.69, 9.17) is 5.84 Å². The average Bonchev–Trinajstić information content (AvgIpc) is 2.86. The molecule has 1 heterocycles. The number of sulfonamides is 1. The van der Waals surface area contributed by atoms with E-state index in [0.717, 1.165) is 0 Å². The number of aromatic nitrogens is 2. The number of hydrogen-bond donors (Lipinski definition) is 3. The lowest BCUT2D eigenvalue weighted by Crippen LogP contribution is -2.17. The van der Waals surface area contributed by atoms with Crippen molar-refractivity contribution in [3.63, 3.8) is 0 Å². The molecule has 8 heteroatoms. The summed E-state index contributed by atoms with van der Waals surface area (Å²) in [7, 11) is -3.71. The standard InChI is InChI=1S/C12H17N5O2S/c1-9(2)17-8-10(7-14-17)16-20(18,19)12-6-4-3-5-11(12)15-13/h3-9,15-16H,13H2,1-2H3. The van der Waals surface area contributed by atoms with Gasteiger partial charge in [-0.25, -0.2) is 8.42 Å². The van der Waals surface area contributed by atoms with Gasteiger partial charge in [-0.15, -0.1) is 0 Å². The Kier molecular flexibility index (Phi) is 3.96. The predicted molar refractivity (Wildman–Crippen MR) is 77.7 cm³/mol. The lowest BCUT2D eigenvalue weighted by Gasteiger charge is -2.10. The molecule has 0 radical (unpaired) electrons. The second-order valence-electron chi connectivity index (χ2n) is 4.55. The van der Waals surface area contributed by atoms with Gasteiger partial charge in [-0.3, -0.25) is 15.2 Å². The van der Waals surface area contributed by atoms with E-state index in [1.165, 1.54) is 12.3 Å². The number of nitrogens with zero attached hydrogens (tertiary/aromatic N) is 2. The Balaban J connectivity index is 2.31. The van der Waals surface area contributed by atoms with Crippen molar-refractivity contribution >= 4 is 21.4 Å². The van der Waals surface area contributed by atoms with Crippen LogP contribution in [0.5, 0.6) is 0 Å². The Hall–Kier alpha value is -2.06. The smallest absolute Gasteiger partial charge is 0.264 e. The summed E-state index contributed by atoms with van der Waals surface area (Å²) in [6, 6.07) is 6.56. The molecule has 108 valence electrons. The van der Waals surface area contributed by atoms with Gasteiger partial charge in [0.15, 0.2) is 0 Å². The van der Waals surface area contributed by atoms with E-state index in [9.17, 15) is 8.42 Å². The third-order valence-corrected chi connectivity index (χ3v) is 4.15. The average molecular weight is 295 g/mol. The van der Waals surface area contributed by atoms with Crippen LogP contribution in [0.1, 0.15) is 19.9 Å². The Morgan fingerprint density at radius 2 is 2.00 bits per heavy atom. The normalized spacial score (nSPS) is 11.6. The number of nitrogen functional groups attached to an aromatic ring is 1. The Morgan fingerprint density at radius 3 is 2.60 bits per heavy atom. The van der Waals surface area contributed by atoms with E-state index in [-0.39, 0.29) is 10.9 Å². The molecule has 0 unspecified atom stereocenters. The third-order valence-electron chi connectivity index (χ3n) is 2.71. The summed E-state index contributed by atoms with van der Waals surface area (Å²) in [5.41, 5.74) is 3.11. The van der Waals surface area contributed by atoms with Crippen molar-refractivity contribution in [1.82, 2.24) is 9.78 Å². The van der Waals surface area contributed by atoms with Crippen LogP contribution < -0.4 is 16.0 Å². The fraction of sp³-hybridized carbons (Fsp3) is 0.250. The first kappa shape index (κ1) is 14.4. The van der Waals surface area contributed by atoms with Crippen LogP contribution in [0.15, 0.2) is 41.6 Å². The fourth-order valence-corrected chi connectivity index (χ4v) is 2.90. The molecule has 4 N–H and O–H groups in total. The van der Waals surface area contributed by atoms with Crippen LogP contribution in [0.25, 0.3) is 0 Å². The van der Waals surface area contributed by atoms with Gasteiger partial charge in [-0.2, -0.15) is 5.10 Å². The van der Waals surface area contributed by atoms with Gasteiger partial charge in [0.25, 0.3) is 10.0 Å². The molecule has 2 rings (SSSR count). The van der Waals surface area contributed by atoms with Crippen molar-refractivity contribution in [1.29, 1.82) is 0 Å². The van der Waals surface area contributed by atoms with Crippen LogP contribution in [0.2, 0.25) is 0 Å². The van der Waals surface area contributed by atoms with E-state index in [2.05, 4.69) is 15.2 Å². The molecule has 0 aliphatic rings. The highest BCUT2D eigenvalue weighted by Gasteiger charge is 2.18. The van der Waals surface area contributed by atoms with Gasteiger partial charge in [-0.05, 0) is 26.0 Å². The van der Waals surface area contributed by atoms with Gasteiger partial charge in [-0.1, -0.05) is 12.1 Å². The molecule has 0 fully saturated rings. The third kappa shape index (κ3) is 2.91. The number of para-hydroxylation sites is 1. The molecule has 2 aromatic rings. The van der Waals surface area contributed by atoms with Crippen molar-refractivity contribution in [2.24, 2.45) is 5.84 Å². The van der Waals surface area contributed by atoms with Crippen LogP contribution in [0.3, 0.4) is 0 Å². The van der Waals surface area contributed by atoms with Crippen molar-refractivity contribution in [2.45, 2.75) is 24.8 Å². The largest absolute Gasteiger partial charge is 0.323 e. The first-order valence-corrected chi connectivity index (χ1v) is 7.55. The van der Waals surface area contributed by atoms with Crippen LogP contribution in [-0.2, 0) is 10.0 Å². The van der Waals surface area contributed by atoms with Crippen LogP contribution in [0.4, 0.5) is 11.4 Å². The van der Waals surface area contributed by atoms with Crippen LogP contribution >= 0.6 is 0 Å². The highest BCUT2D eigenvalue weighted by atomic mass is 32.2. The molecule has 7 nitrogen and oxygen atoms in total. The number of nitrogens with one attached hydrogen (secondary N) is 2. The van der Waals surface area contributed by atoms with Gasteiger partial charge in [0.2, 0.25) is 0 Å². The SMILES string of the molecule is CC(C)n1cc(NS(=O)(=O)c2ccccc2NN)cn1. The van der Waals surface area contributed by atoms with Gasteiger partial charge in [0.05, 0.1) is 17.6 Å². The summed E-state index contributed by atoms with van der Waals surface area (Å²) in [6.45, 7) is 3.91. The molecule has 1 aromatic heterocycles. The lowest BCUT2D eigenvalue weighted by atomic mass is 10.3. The lowest BCUT2D eigenvalue weighted by molar-refractivity contribution is 0.532. The first-order chi connectivity index (χ1) is 9.44. The number of anilines is 2. The molecule has 0 aliphatic carbocycles. The first-order valence-electron chi connectivity index (χ1n) is 6.06. The predicted octanol–water partition coefficient (Wildman–Crippen LogP) is 1.55. The molecular weight excluding hydrogens is 278 g/mol. The summed E-state index contributed by atoms with van der Waals surface area (Å²) in [5, 5.41) is 4.09. The summed E-state index contributed by atoms with van der Waals surface area (Å²) in [6.07, 6.45) is 3.11. The highest BCUT2D eigenvalue weighted by Crippen LogP contribution is 2.22. The van der Waals surface area contributed by atoms with Crippen LogP contribution in [0, 0.1) is 0 Å². The molecular formula is C12H17N5O2S. The number of hydrazine groups is 1. The molecule has 0 atom stereocenters. The fourth-order valence-electron chi connectivity index (χ4n) is 1.70. The molecule has 0 spiro atoms. The van der Waals surface area contributed by atoms with Gasteiger partial charge in [0, 0.05) is 12.2 Å². The molecule has 0 bridgehead atoms. The minimum absolute atomic E-state index is 0.0831. The molecule has 1 aromatic carbocycles. The highest BCUT2D eigenvalue weighted by molar-refractivity contribution is 7.92.